The molecule has 6 heteroatoms. The third kappa shape index (κ3) is 2.72. The Kier molecular flexibility index (Phi) is 4.16. The number of aryl methyl sites for hydroxylation is 2. The summed E-state index contributed by atoms with van der Waals surface area (Å²) in [5, 5.41) is 2.17. The highest BCUT2D eigenvalue weighted by atomic mass is 35.5. The molecule has 100 valence electrons. The van der Waals surface area contributed by atoms with Crippen LogP contribution in [0.15, 0.2) is 18.2 Å². The Hall–Kier alpha value is -1.36. The summed E-state index contributed by atoms with van der Waals surface area (Å²) in [6, 6.07) is 3.87. The number of hydrogen-bond acceptors (Lipinski definition) is 2. The van der Waals surface area contributed by atoms with Gasteiger partial charge in [-0.15, -0.1) is 12.4 Å². The quantitative estimate of drug-likeness (QED) is 0.856. The molecule has 1 saturated heterocycles. The number of rotatable bonds is 1. The van der Waals surface area contributed by atoms with Gasteiger partial charge in [0.2, 0.25) is 0 Å². The minimum absolute atomic E-state index is 0. The van der Waals surface area contributed by atoms with Crippen LogP contribution in [0, 0.1) is 13.8 Å². The molecule has 0 aromatic heterocycles. The fourth-order valence-electron chi connectivity index (χ4n) is 1.96. The van der Waals surface area contributed by atoms with Crippen molar-refractivity contribution in [1.82, 2.24) is 5.32 Å². The molecule has 0 bridgehead atoms. The molecule has 1 fully saturated rings. The van der Waals surface area contributed by atoms with Crippen LogP contribution in [0.25, 0.3) is 0 Å². The smallest absolute Gasteiger partial charge is 0.408 e. The number of cyclic esters (lactones) is 1. The van der Waals surface area contributed by atoms with Gasteiger partial charge in [-0.05, 0) is 25.0 Å². The molecule has 0 spiro atoms. The Morgan fingerprint density at radius 3 is 2.67 bits per heavy atom. The molecule has 0 aliphatic carbocycles. The average Bonchev–Trinajstić information content (AvgIpc) is 2.23. The van der Waals surface area contributed by atoms with Crippen LogP contribution in [0.1, 0.15) is 22.7 Å². The van der Waals surface area contributed by atoms with E-state index in [2.05, 4.69) is 10.1 Å². The molecule has 0 unspecified atom stereocenters. The number of carbonyl (C=O) groups excluding carboxylic acids is 1. The molecule has 1 heterocycles. The summed E-state index contributed by atoms with van der Waals surface area (Å²) < 4.78 is 31.6. The topological polar surface area (TPSA) is 38.3 Å². The average molecular weight is 278 g/mol. The van der Waals surface area contributed by atoms with E-state index in [4.69, 9.17) is 0 Å². The van der Waals surface area contributed by atoms with Crippen molar-refractivity contribution >= 4 is 18.5 Å². The number of alkyl halides is 2. The minimum atomic E-state index is -3.09. The molecule has 1 N–H and O–H groups in total. The van der Waals surface area contributed by atoms with E-state index < -0.39 is 24.7 Å². The van der Waals surface area contributed by atoms with Crippen LogP contribution in [-0.4, -0.2) is 18.6 Å². The maximum atomic E-state index is 13.7. The van der Waals surface area contributed by atoms with Crippen molar-refractivity contribution in [3.05, 3.63) is 34.9 Å². The Balaban J connectivity index is 0.00000162. The number of ether oxygens (including phenoxy) is 1. The Bertz CT molecular complexity index is 465. The van der Waals surface area contributed by atoms with Gasteiger partial charge in [0.15, 0.2) is 6.61 Å². The van der Waals surface area contributed by atoms with Gasteiger partial charge in [-0.1, -0.05) is 23.8 Å². The van der Waals surface area contributed by atoms with Crippen molar-refractivity contribution in [3.8, 4) is 0 Å². The zero-order valence-corrected chi connectivity index (χ0v) is 10.8. The maximum Gasteiger partial charge on any atom is 0.408 e. The number of amides is 1. The molecule has 3 nitrogen and oxygen atoms in total. The second-order valence-corrected chi connectivity index (χ2v) is 4.27. The number of nitrogens with one attached hydrogen (secondary N) is 1. The SMILES string of the molecule is Cc1ccc([C@H]2NC(=O)OCC2(F)F)c(C)c1.Cl. The van der Waals surface area contributed by atoms with Gasteiger partial charge >= 0.3 is 12.0 Å². The van der Waals surface area contributed by atoms with E-state index in [1.165, 1.54) is 0 Å². The second kappa shape index (κ2) is 5.10. The Morgan fingerprint density at radius 1 is 1.39 bits per heavy atom. The number of halogens is 3. The van der Waals surface area contributed by atoms with Crippen LogP contribution in [0.3, 0.4) is 0 Å². The van der Waals surface area contributed by atoms with Crippen molar-refractivity contribution in [1.29, 1.82) is 0 Å². The third-order valence-electron chi connectivity index (χ3n) is 2.82. The van der Waals surface area contributed by atoms with E-state index in [0.29, 0.717) is 5.56 Å². The standard InChI is InChI=1S/C12H13F2NO2.ClH/c1-7-3-4-9(8(2)5-7)10-12(13,14)6-17-11(16)15-10;/h3-5,10H,6H2,1-2H3,(H,15,16);1H/t10-;/m1./s1. The molecule has 0 saturated carbocycles. The fourth-order valence-corrected chi connectivity index (χ4v) is 1.96. The largest absolute Gasteiger partial charge is 0.443 e. The first-order valence-electron chi connectivity index (χ1n) is 5.28. The molecule has 1 atom stereocenters. The van der Waals surface area contributed by atoms with E-state index in [9.17, 15) is 13.6 Å². The van der Waals surface area contributed by atoms with Gasteiger partial charge < -0.3 is 10.1 Å². The van der Waals surface area contributed by atoms with Crippen LogP contribution in [-0.2, 0) is 4.74 Å². The van der Waals surface area contributed by atoms with E-state index in [1.54, 1.807) is 19.1 Å². The van der Waals surface area contributed by atoms with Crippen LogP contribution in [0.2, 0.25) is 0 Å². The highest BCUT2D eigenvalue weighted by Crippen LogP contribution is 2.35. The summed E-state index contributed by atoms with van der Waals surface area (Å²) in [4.78, 5) is 11.0. The first-order chi connectivity index (χ1) is 7.90. The number of alkyl carbamates (subject to hydrolysis) is 1. The van der Waals surface area contributed by atoms with Crippen LogP contribution in [0.4, 0.5) is 13.6 Å². The monoisotopic (exact) mass is 277 g/mol. The molecule has 2 rings (SSSR count). The van der Waals surface area contributed by atoms with Crippen LogP contribution >= 0.6 is 12.4 Å². The summed E-state index contributed by atoms with van der Waals surface area (Å²) in [5.74, 6) is -3.09. The molecule has 1 aliphatic heterocycles. The molecule has 0 radical (unpaired) electrons. The van der Waals surface area contributed by atoms with Gasteiger partial charge in [0, 0.05) is 0 Å². The predicted molar refractivity (Wildman–Crippen MR) is 65.3 cm³/mol. The van der Waals surface area contributed by atoms with Crippen LogP contribution in [0.5, 0.6) is 0 Å². The molecule has 1 amide bonds. The lowest BCUT2D eigenvalue weighted by atomic mass is 9.94. The first kappa shape index (κ1) is 14.7. The summed E-state index contributed by atoms with van der Waals surface area (Å²) in [7, 11) is 0. The number of carbonyl (C=O) groups is 1. The van der Waals surface area contributed by atoms with Crippen molar-refractivity contribution in [2.45, 2.75) is 25.8 Å². The summed E-state index contributed by atoms with van der Waals surface area (Å²) >= 11 is 0. The highest BCUT2D eigenvalue weighted by Gasteiger charge is 2.47. The van der Waals surface area contributed by atoms with Gasteiger partial charge in [0.1, 0.15) is 6.04 Å². The Labute approximate surface area is 110 Å². The van der Waals surface area contributed by atoms with Gasteiger partial charge in [0.05, 0.1) is 0 Å². The molecule has 1 aliphatic rings. The lowest BCUT2D eigenvalue weighted by molar-refractivity contribution is -0.104. The van der Waals surface area contributed by atoms with Crippen LogP contribution < -0.4 is 5.32 Å². The normalized spacial score (nSPS) is 21.6. The van der Waals surface area contributed by atoms with E-state index >= 15 is 0 Å². The summed E-state index contributed by atoms with van der Waals surface area (Å²) in [5.41, 5.74) is 2.15. The number of benzene rings is 1. The molecule has 1 aromatic rings. The highest BCUT2D eigenvalue weighted by molar-refractivity contribution is 5.85. The second-order valence-electron chi connectivity index (χ2n) is 4.27. The zero-order valence-electron chi connectivity index (χ0n) is 10.00. The van der Waals surface area contributed by atoms with E-state index in [-0.39, 0.29) is 12.4 Å². The van der Waals surface area contributed by atoms with Gasteiger partial charge in [-0.2, -0.15) is 0 Å². The molecule has 1 aromatic carbocycles. The molecule has 18 heavy (non-hydrogen) atoms. The zero-order chi connectivity index (χ0) is 12.6. The van der Waals surface area contributed by atoms with Gasteiger partial charge in [0.25, 0.3) is 0 Å². The lowest BCUT2D eigenvalue weighted by Gasteiger charge is -2.32. The first-order valence-corrected chi connectivity index (χ1v) is 5.28. The Morgan fingerprint density at radius 2 is 2.06 bits per heavy atom. The van der Waals surface area contributed by atoms with Gasteiger partial charge in [-0.3, -0.25) is 0 Å². The summed E-state index contributed by atoms with van der Waals surface area (Å²) in [6.45, 7) is 2.76. The minimum Gasteiger partial charge on any atom is -0.443 e. The van der Waals surface area contributed by atoms with Crippen molar-refractivity contribution in [2.24, 2.45) is 0 Å². The van der Waals surface area contributed by atoms with E-state index in [1.807, 2.05) is 13.0 Å². The predicted octanol–water partition coefficient (Wildman–Crippen LogP) is 3.14. The van der Waals surface area contributed by atoms with Crippen molar-refractivity contribution in [2.75, 3.05) is 6.61 Å². The van der Waals surface area contributed by atoms with Crippen molar-refractivity contribution in [3.63, 3.8) is 0 Å². The number of hydrogen-bond donors (Lipinski definition) is 1. The maximum absolute atomic E-state index is 13.7. The van der Waals surface area contributed by atoms with Gasteiger partial charge in [-0.25, -0.2) is 13.6 Å². The molecular formula is C12H14ClF2NO2. The van der Waals surface area contributed by atoms with E-state index in [0.717, 1.165) is 11.1 Å². The fraction of sp³-hybridized carbons (Fsp3) is 0.417. The van der Waals surface area contributed by atoms with Crippen molar-refractivity contribution < 1.29 is 18.3 Å². The third-order valence-corrected chi connectivity index (χ3v) is 2.82. The molecular weight excluding hydrogens is 264 g/mol. The summed E-state index contributed by atoms with van der Waals surface area (Å²) in [6.07, 6.45) is -0.805. The lowest BCUT2D eigenvalue weighted by Crippen LogP contribution is -2.49.